The van der Waals surface area contributed by atoms with Crippen molar-refractivity contribution in [2.45, 2.75) is 32.5 Å². The number of hydrogen-bond donors (Lipinski definition) is 0. The van der Waals surface area contributed by atoms with Crippen LogP contribution in [0.5, 0.6) is 0 Å². The summed E-state index contributed by atoms with van der Waals surface area (Å²) >= 11 is 1.88. The second kappa shape index (κ2) is 7.57. The van der Waals surface area contributed by atoms with Crippen LogP contribution in [-0.4, -0.2) is 33.5 Å². The highest BCUT2D eigenvalue weighted by Gasteiger charge is 2.34. The monoisotopic (exact) mass is 389 g/mol. The number of nitrogens with zero attached hydrogens (tertiary/aromatic N) is 3. The quantitative estimate of drug-likeness (QED) is 0.634. The Kier molecular flexibility index (Phi) is 4.79. The van der Waals surface area contributed by atoms with E-state index in [1.165, 1.54) is 11.1 Å². The van der Waals surface area contributed by atoms with Crippen LogP contribution >= 0.6 is 11.8 Å². The summed E-state index contributed by atoms with van der Waals surface area (Å²) in [5.74, 6) is 1.11. The Hall–Kier alpha value is -2.37. The maximum atomic E-state index is 5.54. The molecule has 3 heterocycles. The van der Waals surface area contributed by atoms with Gasteiger partial charge in [0, 0.05) is 41.9 Å². The molecule has 4 nitrogen and oxygen atoms in total. The van der Waals surface area contributed by atoms with E-state index in [4.69, 9.17) is 9.73 Å². The molecule has 1 saturated heterocycles. The van der Waals surface area contributed by atoms with Gasteiger partial charge in [0.15, 0.2) is 5.17 Å². The molecule has 5 rings (SSSR count). The highest BCUT2D eigenvalue weighted by Crippen LogP contribution is 2.36. The van der Waals surface area contributed by atoms with Gasteiger partial charge < -0.3 is 9.64 Å². The predicted octanol–water partition coefficient (Wildman–Crippen LogP) is 4.93. The van der Waals surface area contributed by atoms with Gasteiger partial charge in [-0.05, 0) is 36.6 Å². The average Bonchev–Trinajstić information content (AvgIpc) is 3.12. The van der Waals surface area contributed by atoms with Gasteiger partial charge in [-0.1, -0.05) is 48.2 Å². The van der Waals surface area contributed by atoms with Gasteiger partial charge in [0.2, 0.25) is 0 Å². The van der Waals surface area contributed by atoms with Crippen LogP contribution in [-0.2, 0) is 24.3 Å². The molecule has 142 valence electrons. The van der Waals surface area contributed by atoms with E-state index in [0.717, 1.165) is 46.0 Å². The summed E-state index contributed by atoms with van der Waals surface area (Å²) in [6.07, 6.45) is 3.04. The molecule has 0 radical (unpaired) electrons. The number of benzene rings is 2. The lowest BCUT2D eigenvalue weighted by Crippen LogP contribution is -2.38. The molecule has 0 saturated carbocycles. The highest BCUT2D eigenvalue weighted by molar-refractivity contribution is 8.14. The second-order valence-electron chi connectivity index (χ2n) is 7.27. The lowest BCUT2D eigenvalue weighted by molar-refractivity contribution is 0.131. The topological polar surface area (TPSA) is 37.7 Å². The standard InChI is InChI=1S/C23H23N3OS/c1-2-27-14-19-11-21-17(12-24-19)8-5-9-22(21)25-23-26-13-18-7-4-3-6-16(18)10-20(26)15-28-23/h3-9,11-12,20H,2,10,13-15H2,1H3. The Morgan fingerprint density at radius 2 is 2.07 bits per heavy atom. The molecule has 5 heteroatoms. The molecule has 1 fully saturated rings. The molecule has 1 aromatic heterocycles. The van der Waals surface area contributed by atoms with Crippen molar-refractivity contribution in [3.05, 3.63) is 71.5 Å². The molecule has 3 aromatic rings. The number of thioether (sulfide) groups is 1. The zero-order valence-electron chi connectivity index (χ0n) is 16.0. The van der Waals surface area contributed by atoms with Crippen LogP contribution in [0, 0.1) is 0 Å². The van der Waals surface area contributed by atoms with Crippen LogP contribution < -0.4 is 0 Å². The third-order valence-electron chi connectivity index (χ3n) is 5.47. The summed E-state index contributed by atoms with van der Waals surface area (Å²) in [7, 11) is 0. The number of fused-ring (bicyclic) bond motifs is 3. The number of rotatable bonds is 4. The number of aliphatic imine (C=N–C) groups is 1. The highest BCUT2D eigenvalue weighted by atomic mass is 32.2. The zero-order valence-corrected chi connectivity index (χ0v) is 16.8. The lowest BCUT2D eigenvalue weighted by Gasteiger charge is -2.32. The molecular formula is C23H23N3OS. The minimum Gasteiger partial charge on any atom is -0.375 e. The molecule has 28 heavy (non-hydrogen) atoms. The predicted molar refractivity (Wildman–Crippen MR) is 116 cm³/mol. The number of pyridine rings is 1. The molecule has 0 N–H and O–H groups in total. The van der Waals surface area contributed by atoms with E-state index in [1.54, 1.807) is 0 Å². The molecule has 1 atom stereocenters. The average molecular weight is 390 g/mol. The molecule has 0 aliphatic carbocycles. The molecule has 2 aliphatic heterocycles. The van der Waals surface area contributed by atoms with Gasteiger partial charge in [-0.15, -0.1) is 0 Å². The normalized spacial score (nSPS) is 19.8. The summed E-state index contributed by atoms with van der Waals surface area (Å²) in [5.41, 5.74) is 4.88. The first kappa shape index (κ1) is 17.7. The Bertz CT molecular complexity index is 1050. The van der Waals surface area contributed by atoms with Gasteiger partial charge in [0.1, 0.15) is 0 Å². The van der Waals surface area contributed by atoms with E-state index in [-0.39, 0.29) is 0 Å². The maximum absolute atomic E-state index is 5.54. The zero-order chi connectivity index (χ0) is 18.9. The Morgan fingerprint density at radius 1 is 1.18 bits per heavy atom. The number of aromatic nitrogens is 1. The SMILES string of the molecule is CCOCc1cc2c(N=C3SCC4Cc5ccccc5CN34)cccc2cn1. The summed E-state index contributed by atoms with van der Waals surface area (Å²) in [4.78, 5) is 12.1. The minimum absolute atomic E-state index is 0.539. The van der Waals surface area contributed by atoms with Crippen LogP contribution in [0.3, 0.4) is 0 Å². The van der Waals surface area contributed by atoms with Crippen molar-refractivity contribution in [2.75, 3.05) is 12.4 Å². The smallest absolute Gasteiger partial charge is 0.165 e. The van der Waals surface area contributed by atoms with Gasteiger partial charge in [-0.3, -0.25) is 4.98 Å². The van der Waals surface area contributed by atoms with Crippen molar-refractivity contribution in [3.8, 4) is 0 Å². The van der Waals surface area contributed by atoms with Crippen LogP contribution in [0.4, 0.5) is 5.69 Å². The molecule has 1 unspecified atom stereocenters. The largest absolute Gasteiger partial charge is 0.375 e. The Morgan fingerprint density at radius 3 is 2.96 bits per heavy atom. The lowest BCUT2D eigenvalue weighted by atomic mass is 9.95. The molecular weight excluding hydrogens is 366 g/mol. The van der Waals surface area contributed by atoms with Gasteiger partial charge in [0.25, 0.3) is 0 Å². The Balaban J connectivity index is 1.50. The summed E-state index contributed by atoms with van der Waals surface area (Å²) < 4.78 is 5.54. The van der Waals surface area contributed by atoms with Crippen molar-refractivity contribution < 1.29 is 4.74 Å². The van der Waals surface area contributed by atoms with E-state index in [9.17, 15) is 0 Å². The Labute approximate surface area is 169 Å². The van der Waals surface area contributed by atoms with Crippen molar-refractivity contribution in [1.29, 1.82) is 0 Å². The summed E-state index contributed by atoms with van der Waals surface area (Å²) in [6, 6.07) is 17.7. The molecule has 0 amide bonds. The van der Waals surface area contributed by atoms with Crippen LogP contribution in [0.2, 0.25) is 0 Å². The van der Waals surface area contributed by atoms with E-state index in [2.05, 4.69) is 58.4 Å². The summed E-state index contributed by atoms with van der Waals surface area (Å²) in [5, 5.41) is 3.39. The molecule has 0 bridgehead atoms. The van der Waals surface area contributed by atoms with Crippen molar-refractivity contribution in [3.63, 3.8) is 0 Å². The van der Waals surface area contributed by atoms with E-state index >= 15 is 0 Å². The number of amidine groups is 1. The van der Waals surface area contributed by atoms with E-state index in [1.807, 2.05) is 24.9 Å². The van der Waals surface area contributed by atoms with Gasteiger partial charge in [-0.25, -0.2) is 4.99 Å². The third kappa shape index (κ3) is 3.29. The van der Waals surface area contributed by atoms with Crippen LogP contribution in [0.15, 0.2) is 59.7 Å². The van der Waals surface area contributed by atoms with Crippen molar-refractivity contribution >= 4 is 33.4 Å². The second-order valence-corrected chi connectivity index (χ2v) is 8.26. The van der Waals surface area contributed by atoms with E-state index in [0.29, 0.717) is 19.3 Å². The minimum atomic E-state index is 0.539. The molecule has 2 aliphatic rings. The third-order valence-corrected chi connectivity index (χ3v) is 6.61. The van der Waals surface area contributed by atoms with E-state index < -0.39 is 0 Å². The maximum Gasteiger partial charge on any atom is 0.165 e. The fraction of sp³-hybridized carbons (Fsp3) is 0.304. The fourth-order valence-corrected chi connectivity index (χ4v) is 5.17. The van der Waals surface area contributed by atoms with Crippen molar-refractivity contribution in [2.24, 2.45) is 4.99 Å². The molecule has 2 aromatic carbocycles. The number of ether oxygens (including phenoxy) is 1. The summed E-state index contributed by atoms with van der Waals surface area (Å²) in [6.45, 7) is 4.19. The first-order chi connectivity index (χ1) is 13.8. The number of hydrogen-bond acceptors (Lipinski definition) is 4. The first-order valence-electron chi connectivity index (χ1n) is 9.82. The molecule has 0 spiro atoms. The first-order valence-corrected chi connectivity index (χ1v) is 10.8. The van der Waals surface area contributed by atoms with Crippen LogP contribution in [0.25, 0.3) is 10.8 Å². The van der Waals surface area contributed by atoms with Gasteiger partial charge in [0.05, 0.1) is 18.0 Å². The van der Waals surface area contributed by atoms with Gasteiger partial charge >= 0.3 is 0 Å². The van der Waals surface area contributed by atoms with Gasteiger partial charge in [-0.2, -0.15) is 0 Å². The van der Waals surface area contributed by atoms with Crippen molar-refractivity contribution in [1.82, 2.24) is 9.88 Å². The fourth-order valence-electron chi connectivity index (χ4n) is 3.99. The van der Waals surface area contributed by atoms with Crippen LogP contribution in [0.1, 0.15) is 23.7 Å².